The summed E-state index contributed by atoms with van der Waals surface area (Å²) < 4.78 is 0. The smallest absolute Gasteiger partial charge is 0.327 e. The number of thiol groups is 2. The highest BCUT2D eigenvalue weighted by Crippen LogP contribution is 1.91. The van der Waals surface area contributed by atoms with Crippen LogP contribution in [0.1, 0.15) is 0 Å². The molecule has 0 radical (unpaired) electrons. The average molecular weight is 296 g/mol. The second kappa shape index (κ2) is 7.82. The number of rotatable bonds is 6. The molecule has 0 aliphatic heterocycles. The second-order valence-electron chi connectivity index (χ2n) is 3.09. The summed E-state index contributed by atoms with van der Waals surface area (Å²) in [6.07, 6.45) is 0. The summed E-state index contributed by atoms with van der Waals surface area (Å²) in [4.78, 5) is 43.7. The molecule has 0 saturated heterocycles. The van der Waals surface area contributed by atoms with Gasteiger partial charge in [-0.1, -0.05) is 0 Å². The van der Waals surface area contributed by atoms with Gasteiger partial charge < -0.3 is 20.8 Å². The van der Waals surface area contributed by atoms with Crippen LogP contribution in [-0.2, 0) is 19.2 Å². The van der Waals surface area contributed by atoms with Gasteiger partial charge >= 0.3 is 23.8 Å². The van der Waals surface area contributed by atoms with E-state index in [2.05, 4.69) is 25.3 Å². The lowest BCUT2D eigenvalue weighted by atomic mass is 10.3. The normalized spacial score (nSPS) is 13.2. The number of hydrogen-bond donors (Lipinski definition) is 6. The molecular formula is C8H12N2O6S2. The van der Waals surface area contributed by atoms with Gasteiger partial charge in [-0.25, -0.2) is 9.59 Å². The number of hydrogen-bond acceptors (Lipinski definition) is 6. The van der Waals surface area contributed by atoms with Gasteiger partial charge in [-0.05, 0) is 0 Å². The van der Waals surface area contributed by atoms with E-state index in [1.807, 2.05) is 10.6 Å². The molecule has 8 nitrogen and oxygen atoms in total. The molecule has 0 aromatic rings. The van der Waals surface area contributed by atoms with E-state index in [4.69, 9.17) is 10.2 Å². The Bertz CT molecular complexity index is 327. The third kappa shape index (κ3) is 5.27. The van der Waals surface area contributed by atoms with Crippen LogP contribution < -0.4 is 10.6 Å². The predicted octanol–water partition coefficient (Wildman–Crippen LogP) is -2.02. The molecule has 2 unspecified atom stereocenters. The summed E-state index contributed by atoms with van der Waals surface area (Å²) in [7, 11) is 0. The van der Waals surface area contributed by atoms with Crippen molar-refractivity contribution in [3.05, 3.63) is 0 Å². The fourth-order valence-corrected chi connectivity index (χ4v) is 1.31. The lowest BCUT2D eigenvalue weighted by Crippen LogP contribution is -2.52. The molecule has 10 heteroatoms. The maximum atomic E-state index is 11.3. The molecule has 102 valence electrons. The molecule has 2 atom stereocenters. The first-order valence-corrected chi connectivity index (χ1v) is 5.88. The third-order valence-corrected chi connectivity index (χ3v) is 2.51. The standard InChI is InChI=1S/C8H12N2O6S2/c11-5(9-3(1-17)7(13)14)6(12)10-4(2-18)8(15)16/h3-4,17-18H,1-2H2,(H,9,11)(H,10,12)(H,13,14)(H,15,16). The maximum absolute atomic E-state index is 11.3. The highest BCUT2D eigenvalue weighted by molar-refractivity contribution is 7.80. The SMILES string of the molecule is O=C(NC(CS)C(=O)O)C(=O)NC(CS)C(=O)O. The summed E-state index contributed by atoms with van der Waals surface area (Å²) in [6, 6.07) is -2.66. The first-order valence-electron chi connectivity index (χ1n) is 4.62. The fourth-order valence-electron chi connectivity index (χ4n) is 0.819. The number of carbonyl (C=O) groups excluding carboxylic acids is 2. The van der Waals surface area contributed by atoms with E-state index < -0.39 is 35.8 Å². The molecule has 0 saturated carbocycles. The minimum Gasteiger partial charge on any atom is -0.480 e. The van der Waals surface area contributed by atoms with E-state index in [0.717, 1.165) is 0 Å². The van der Waals surface area contributed by atoms with Crippen molar-refractivity contribution in [2.24, 2.45) is 0 Å². The Kier molecular flexibility index (Phi) is 7.20. The van der Waals surface area contributed by atoms with Crippen LogP contribution in [0.2, 0.25) is 0 Å². The molecule has 0 spiro atoms. The molecule has 0 heterocycles. The molecule has 0 aliphatic carbocycles. The van der Waals surface area contributed by atoms with Gasteiger partial charge in [0.25, 0.3) is 0 Å². The lowest BCUT2D eigenvalue weighted by Gasteiger charge is -2.14. The molecule has 0 rings (SSSR count). The Labute approximate surface area is 113 Å². The first-order chi connectivity index (χ1) is 8.33. The Morgan fingerprint density at radius 2 is 1.11 bits per heavy atom. The summed E-state index contributed by atoms with van der Waals surface area (Å²) in [5, 5.41) is 21.0. The number of carbonyl (C=O) groups is 4. The highest BCUT2D eigenvalue weighted by atomic mass is 32.1. The lowest BCUT2D eigenvalue weighted by molar-refractivity contribution is -0.146. The maximum Gasteiger partial charge on any atom is 0.327 e. The molecule has 4 N–H and O–H groups in total. The Hall–Kier alpha value is -1.42. The van der Waals surface area contributed by atoms with Crippen LogP contribution in [-0.4, -0.2) is 57.6 Å². The average Bonchev–Trinajstić information content (AvgIpc) is 2.31. The Balaban J connectivity index is 4.47. The molecule has 18 heavy (non-hydrogen) atoms. The van der Waals surface area contributed by atoms with Gasteiger partial charge in [-0.15, -0.1) is 0 Å². The topological polar surface area (TPSA) is 133 Å². The summed E-state index contributed by atoms with van der Waals surface area (Å²) in [6.45, 7) is 0. The monoisotopic (exact) mass is 296 g/mol. The van der Waals surface area contributed by atoms with Crippen LogP contribution in [0.4, 0.5) is 0 Å². The van der Waals surface area contributed by atoms with E-state index in [1.165, 1.54) is 0 Å². The predicted molar refractivity (Wildman–Crippen MR) is 66.8 cm³/mol. The number of carboxylic acids is 2. The van der Waals surface area contributed by atoms with Gasteiger partial charge in [0.15, 0.2) is 0 Å². The van der Waals surface area contributed by atoms with Crippen molar-refractivity contribution in [3.8, 4) is 0 Å². The van der Waals surface area contributed by atoms with Gasteiger partial charge in [-0.2, -0.15) is 25.3 Å². The number of carboxylic acid groups (broad SMARTS) is 2. The zero-order chi connectivity index (χ0) is 14.3. The van der Waals surface area contributed by atoms with E-state index in [1.54, 1.807) is 0 Å². The van der Waals surface area contributed by atoms with Crippen molar-refractivity contribution in [2.75, 3.05) is 11.5 Å². The van der Waals surface area contributed by atoms with Gasteiger partial charge in [-0.3, -0.25) is 9.59 Å². The summed E-state index contributed by atoms with van der Waals surface area (Å²) in [5.41, 5.74) is 0. The van der Waals surface area contributed by atoms with Crippen LogP contribution in [0.3, 0.4) is 0 Å². The minimum absolute atomic E-state index is 0.205. The van der Waals surface area contributed by atoms with Crippen molar-refractivity contribution in [2.45, 2.75) is 12.1 Å². The van der Waals surface area contributed by atoms with E-state index in [0.29, 0.717) is 0 Å². The van der Waals surface area contributed by atoms with E-state index in [9.17, 15) is 19.2 Å². The molecule has 0 aromatic heterocycles. The minimum atomic E-state index is -1.35. The molecule has 0 fully saturated rings. The van der Waals surface area contributed by atoms with Crippen LogP contribution in [0, 0.1) is 0 Å². The molecule has 0 aliphatic rings. The van der Waals surface area contributed by atoms with Crippen molar-refractivity contribution in [1.29, 1.82) is 0 Å². The van der Waals surface area contributed by atoms with Gasteiger partial charge in [0.2, 0.25) is 0 Å². The van der Waals surface area contributed by atoms with E-state index >= 15 is 0 Å². The van der Waals surface area contributed by atoms with Crippen molar-refractivity contribution >= 4 is 49.0 Å². The van der Waals surface area contributed by atoms with Crippen LogP contribution in [0.5, 0.6) is 0 Å². The van der Waals surface area contributed by atoms with Gasteiger partial charge in [0, 0.05) is 11.5 Å². The quantitative estimate of drug-likeness (QED) is 0.248. The number of amides is 2. The largest absolute Gasteiger partial charge is 0.480 e. The van der Waals surface area contributed by atoms with Crippen molar-refractivity contribution in [3.63, 3.8) is 0 Å². The van der Waals surface area contributed by atoms with Crippen LogP contribution in [0.15, 0.2) is 0 Å². The first kappa shape index (κ1) is 16.6. The third-order valence-electron chi connectivity index (χ3n) is 1.78. The molecule has 0 aromatic carbocycles. The number of nitrogens with one attached hydrogen (secondary N) is 2. The fraction of sp³-hybridized carbons (Fsp3) is 0.500. The Morgan fingerprint density at radius 1 is 0.833 bits per heavy atom. The summed E-state index contributed by atoms with van der Waals surface area (Å²) >= 11 is 7.37. The second-order valence-corrected chi connectivity index (χ2v) is 3.82. The van der Waals surface area contributed by atoms with Crippen LogP contribution in [0.25, 0.3) is 0 Å². The molecule has 0 bridgehead atoms. The highest BCUT2D eigenvalue weighted by Gasteiger charge is 2.26. The molecular weight excluding hydrogens is 284 g/mol. The zero-order valence-electron chi connectivity index (χ0n) is 8.99. The van der Waals surface area contributed by atoms with Crippen molar-refractivity contribution in [1.82, 2.24) is 10.6 Å². The van der Waals surface area contributed by atoms with E-state index in [-0.39, 0.29) is 11.5 Å². The van der Waals surface area contributed by atoms with Gasteiger partial charge in [0.1, 0.15) is 12.1 Å². The summed E-state index contributed by atoms with van der Waals surface area (Å²) in [5.74, 6) is -5.61. The molecule has 2 amide bonds. The zero-order valence-corrected chi connectivity index (χ0v) is 10.8. The van der Waals surface area contributed by atoms with Crippen LogP contribution >= 0.6 is 25.3 Å². The van der Waals surface area contributed by atoms with Gasteiger partial charge in [0.05, 0.1) is 0 Å². The van der Waals surface area contributed by atoms with Crippen molar-refractivity contribution < 1.29 is 29.4 Å². The Morgan fingerprint density at radius 3 is 1.28 bits per heavy atom. The number of aliphatic carboxylic acids is 2.